The number of rotatable bonds is 15. The van der Waals surface area contributed by atoms with Crippen molar-refractivity contribution in [2.24, 2.45) is 0 Å². The molecule has 1 aromatic carbocycles. The maximum Gasteiger partial charge on any atom is 0.248 e. The highest BCUT2D eigenvalue weighted by Gasteiger charge is 2.04. The smallest absolute Gasteiger partial charge is 0.248 e. The van der Waals surface area contributed by atoms with E-state index in [-0.39, 0.29) is 5.56 Å². The molecule has 0 unspecified atom stereocenters. The van der Waals surface area contributed by atoms with Crippen molar-refractivity contribution in [3.05, 3.63) is 129 Å². The number of benzene rings is 1. The number of imidazole rings is 2. The van der Waals surface area contributed by atoms with E-state index in [2.05, 4.69) is 45.9 Å². The Bertz CT molecular complexity index is 1600. The molecule has 3 N–H and O–H groups in total. The highest BCUT2D eigenvalue weighted by atomic mass is 35.5. The molecule has 0 spiro atoms. The number of aromatic amines is 1. The van der Waals surface area contributed by atoms with E-state index in [0.717, 1.165) is 80.2 Å². The molecule has 5 rings (SSSR count). The lowest BCUT2D eigenvalue weighted by Crippen LogP contribution is -2.17. The van der Waals surface area contributed by atoms with Crippen LogP contribution in [-0.2, 0) is 32.8 Å². The minimum atomic E-state index is -0.0526. The highest BCUT2D eigenvalue weighted by molar-refractivity contribution is 6.29. The molecular weight excluding hydrogens is 576 g/mol. The summed E-state index contributed by atoms with van der Waals surface area (Å²) in [4.78, 5) is 26.3. The third-order valence-corrected chi connectivity index (χ3v) is 6.82. The van der Waals surface area contributed by atoms with Crippen LogP contribution in [-0.4, -0.2) is 42.2 Å². The fourth-order valence-corrected chi connectivity index (χ4v) is 4.68. The second-order valence-corrected chi connectivity index (χ2v) is 10.9. The van der Waals surface area contributed by atoms with E-state index < -0.39 is 0 Å². The third kappa shape index (κ3) is 12.2. The van der Waals surface area contributed by atoms with E-state index in [1.807, 2.05) is 81.2 Å². The first-order valence-corrected chi connectivity index (χ1v) is 15.2. The molecule has 4 heterocycles. The topological polar surface area (TPSA) is 115 Å². The molecule has 11 heteroatoms. The second-order valence-electron chi connectivity index (χ2n) is 10.5. The van der Waals surface area contributed by atoms with E-state index in [1.54, 1.807) is 12.3 Å². The lowest BCUT2D eigenvalue weighted by molar-refractivity contribution is 0.293. The largest absolute Gasteiger partial charge is 0.473 e. The van der Waals surface area contributed by atoms with Crippen LogP contribution < -0.4 is 20.9 Å². The Kier molecular flexibility index (Phi) is 13.2. The first-order chi connectivity index (χ1) is 21.4. The van der Waals surface area contributed by atoms with E-state index in [0.29, 0.717) is 17.6 Å². The Morgan fingerprint density at radius 2 is 1.45 bits per heavy atom. The second kappa shape index (κ2) is 17.8. The quantitative estimate of drug-likeness (QED) is 0.111. The van der Waals surface area contributed by atoms with Gasteiger partial charge in [0.15, 0.2) is 0 Å². The average Bonchev–Trinajstić information content (AvgIpc) is 3.63. The summed E-state index contributed by atoms with van der Waals surface area (Å²) in [6.07, 6.45) is 11.6. The van der Waals surface area contributed by atoms with Crippen LogP contribution in [0.1, 0.15) is 40.9 Å². The zero-order chi connectivity index (χ0) is 31.0. The van der Waals surface area contributed by atoms with Crippen molar-refractivity contribution >= 4 is 11.6 Å². The molecule has 44 heavy (non-hydrogen) atoms. The molecule has 0 saturated carbocycles. The lowest BCUT2D eigenvalue weighted by Gasteiger charge is -2.09. The first kappa shape index (κ1) is 32.7. The van der Waals surface area contributed by atoms with Crippen LogP contribution in [0.25, 0.3) is 0 Å². The van der Waals surface area contributed by atoms with Gasteiger partial charge in [-0.25, -0.2) is 15.0 Å². The van der Waals surface area contributed by atoms with Crippen molar-refractivity contribution in [3.8, 4) is 5.88 Å². The summed E-state index contributed by atoms with van der Waals surface area (Å²) < 4.78 is 9.96. The Morgan fingerprint density at radius 1 is 0.818 bits per heavy atom. The van der Waals surface area contributed by atoms with Gasteiger partial charge in [0.05, 0.1) is 24.0 Å². The molecule has 0 bridgehead atoms. The van der Waals surface area contributed by atoms with Crippen molar-refractivity contribution < 1.29 is 4.74 Å². The van der Waals surface area contributed by atoms with Crippen LogP contribution >= 0.6 is 11.6 Å². The van der Waals surface area contributed by atoms with Gasteiger partial charge in [0, 0.05) is 56.9 Å². The lowest BCUT2D eigenvalue weighted by atomic mass is 10.2. The summed E-state index contributed by atoms with van der Waals surface area (Å²) in [7, 11) is 0. The van der Waals surface area contributed by atoms with Crippen LogP contribution in [0.3, 0.4) is 0 Å². The number of halogens is 1. The maximum atomic E-state index is 11.1. The van der Waals surface area contributed by atoms with Gasteiger partial charge in [-0.15, -0.1) is 0 Å². The number of pyridine rings is 2. The van der Waals surface area contributed by atoms with Gasteiger partial charge in [-0.05, 0) is 68.6 Å². The van der Waals surface area contributed by atoms with Crippen molar-refractivity contribution in [2.75, 3.05) is 13.1 Å². The molecule has 0 atom stereocenters. The maximum absolute atomic E-state index is 11.1. The number of hydrogen-bond acceptors (Lipinski definition) is 7. The van der Waals surface area contributed by atoms with E-state index in [4.69, 9.17) is 16.3 Å². The summed E-state index contributed by atoms with van der Waals surface area (Å²) in [5.74, 6) is 0.548. The zero-order valence-corrected chi connectivity index (χ0v) is 26.1. The molecule has 0 radical (unpaired) electrons. The van der Waals surface area contributed by atoms with Crippen LogP contribution in [0.2, 0.25) is 5.15 Å². The Hall–Kier alpha value is -4.25. The van der Waals surface area contributed by atoms with Crippen LogP contribution in [0.4, 0.5) is 0 Å². The summed E-state index contributed by atoms with van der Waals surface area (Å²) in [6.45, 7) is 9.67. The van der Waals surface area contributed by atoms with Gasteiger partial charge in [-0.1, -0.05) is 41.9 Å². The molecule has 0 amide bonds. The standard InChI is InChI=1S/C20H23ClN4O.C13H18N4O/c1-16-13-25(15-23-16)9-5-8-22-12-18-10-19(21)24-20(11-18)26-14-17-6-3-2-4-7-17;1-11-9-17(10-16-11)6-2-4-14-8-12-3-5-15-13(18)7-12/h2-4,6-7,10-11,13,15,22H,5,8-9,12,14H2,1H3;3,5,7,9-10,14H,2,4,6,8H2,1H3,(H,15,18). The predicted octanol–water partition coefficient (Wildman–Crippen LogP) is 5.06. The highest BCUT2D eigenvalue weighted by Crippen LogP contribution is 2.17. The first-order valence-electron chi connectivity index (χ1n) is 14.8. The van der Waals surface area contributed by atoms with Gasteiger partial charge in [-0.3, -0.25) is 4.79 Å². The fourth-order valence-electron chi connectivity index (χ4n) is 4.46. The Labute approximate surface area is 263 Å². The van der Waals surface area contributed by atoms with E-state index >= 15 is 0 Å². The molecule has 4 aromatic heterocycles. The van der Waals surface area contributed by atoms with Gasteiger partial charge in [0.1, 0.15) is 11.8 Å². The molecule has 232 valence electrons. The van der Waals surface area contributed by atoms with Gasteiger partial charge < -0.3 is 29.5 Å². The van der Waals surface area contributed by atoms with Crippen molar-refractivity contribution in [3.63, 3.8) is 0 Å². The van der Waals surface area contributed by atoms with E-state index in [9.17, 15) is 4.79 Å². The third-order valence-electron chi connectivity index (χ3n) is 6.62. The van der Waals surface area contributed by atoms with Crippen LogP contribution in [0.15, 0.2) is 90.6 Å². The molecule has 0 aliphatic carbocycles. The van der Waals surface area contributed by atoms with Crippen molar-refractivity contribution in [1.29, 1.82) is 0 Å². The zero-order valence-electron chi connectivity index (χ0n) is 25.4. The van der Waals surface area contributed by atoms with Gasteiger partial charge in [-0.2, -0.15) is 0 Å². The normalized spacial score (nSPS) is 10.8. The summed E-state index contributed by atoms with van der Waals surface area (Å²) in [5, 5.41) is 7.20. The van der Waals surface area contributed by atoms with Crippen molar-refractivity contribution in [1.82, 2.24) is 39.7 Å². The van der Waals surface area contributed by atoms with Gasteiger partial charge in [0.2, 0.25) is 11.4 Å². The molecule has 0 aliphatic rings. The number of aromatic nitrogens is 6. The minimum absolute atomic E-state index is 0.0526. The molecule has 0 saturated heterocycles. The average molecular weight is 617 g/mol. The predicted molar refractivity (Wildman–Crippen MR) is 174 cm³/mol. The Balaban J connectivity index is 0.000000215. The number of hydrogen-bond donors (Lipinski definition) is 3. The van der Waals surface area contributed by atoms with E-state index in [1.165, 1.54) is 0 Å². The van der Waals surface area contributed by atoms with Gasteiger partial charge >= 0.3 is 0 Å². The van der Waals surface area contributed by atoms with Crippen LogP contribution in [0.5, 0.6) is 5.88 Å². The SMILES string of the molecule is Cc1cn(CCCNCc2cc(Cl)nc(OCc3ccccc3)c2)cn1.Cc1cn(CCCNCc2cc[nH]c(=O)c2)cn1. The summed E-state index contributed by atoms with van der Waals surface area (Å²) in [6, 6.07) is 17.3. The molecule has 5 aromatic rings. The minimum Gasteiger partial charge on any atom is -0.473 e. The number of nitrogens with zero attached hydrogens (tertiary/aromatic N) is 5. The molecular formula is C33H41ClN8O2. The van der Waals surface area contributed by atoms with Crippen LogP contribution in [0, 0.1) is 13.8 Å². The number of aryl methyl sites for hydroxylation is 4. The monoisotopic (exact) mass is 616 g/mol. The Morgan fingerprint density at radius 3 is 2.05 bits per heavy atom. The summed E-state index contributed by atoms with van der Waals surface area (Å²) >= 11 is 6.13. The number of nitrogens with one attached hydrogen (secondary N) is 3. The number of H-pyrrole nitrogens is 1. The number of ether oxygens (including phenoxy) is 1. The van der Waals surface area contributed by atoms with Gasteiger partial charge in [0.25, 0.3) is 0 Å². The molecule has 0 aliphatic heterocycles. The van der Waals surface area contributed by atoms with Crippen molar-refractivity contribution in [2.45, 2.75) is 59.5 Å². The summed E-state index contributed by atoms with van der Waals surface area (Å²) in [5.41, 5.74) is 5.22. The molecule has 10 nitrogen and oxygen atoms in total. The molecule has 0 fully saturated rings. The fraction of sp³-hybridized carbons (Fsp3) is 0.333.